The molecule has 3 heterocycles. The molecule has 14 atom stereocenters. The molecule has 3 saturated heterocycles. The van der Waals surface area contributed by atoms with Crippen molar-refractivity contribution in [2.45, 2.75) is 85.8 Å². The van der Waals surface area contributed by atoms with Crippen molar-refractivity contribution in [1.82, 2.24) is 0 Å². The molecule has 0 unspecified atom stereocenters. The second-order valence-corrected chi connectivity index (χ2v) is 23.3. The average Bonchev–Trinajstić information content (AvgIpc) is 3.40. The number of hydrogen-bond donors (Lipinski definition) is 0. The van der Waals surface area contributed by atoms with E-state index >= 15 is 0 Å². The van der Waals surface area contributed by atoms with E-state index < -0.39 is 216 Å². The van der Waals surface area contributed by atoms with Crippen molar-refractivity contribution in [3.05, 3.63) is 0 Å². The summed E-state index contributed by atoms with van der Waals surface area (Å²) in [6.07, 6.45) is -44.5. The summed E-state index contributed by atoms with van der Waals surface area (Å²) in [4.78, 5) is 0. The van der Waals surface area contributed by atoms with Crippen LogP contribution in [-0.4, -0.2) is 242 Å². The summed E-state index contributed by atoms with van der Waals surface area (Å²) in [6.45, 7) is -7.91. The molecule has 3 fully saturated rings. The first-order chi connectivity index (χ1) is 32.4. The summed E-state index contributed by atoms with van der Waals surface area (Å²) in [5, 5.41) is 0. The van der Waals surface area contributed by atoms with E-state index in [9.17, 15) is 130 Å². The van der Waals surface area contributed by atoms with E-state index in [1.54, 1.807) is 0 Å². The van der Waals surface area contributed by atoms with Gasteiger partial charge in [-0.3, -0.25) is 41.8 Å². The van der Waals surface area contributed by atoms with Crippen molar-refractivity contribution in [3.63, 3.8) is 0 Å². The van der Waals surface area contributed by atoms with E-state index in [1.807, 2.05) is 0 Å². The first-order valence-electron chi connectivity index (χ1n) is 16.9. The molecule has 0 aromatic rings. The van der Waals surface area contributed by atoms with Crippen molar-refractivity contribution in [2.24, 2.45) is 0 Å². The van der Waals surface area contributed by atoms with Crippen LogP contribution in [0.2, 0.25) is 0 Å². The van der Waals surface area contributed by atoms with Crippen molar-refractivity contribution in [2.75, 3.05) is 26.4 Å². The average molecular weight is 1670 g/mol. The van der Waals surface area contributed by atoms with Crippen LogP contribution in [0.15, 0.2) is 0 Å². The molecule has 0 aromatic carbocycles. The molecule has 0 aliphatic carbocycles. The van der Waals surface area contributed by atoms with Gasteiger partial charge in [-0.1, -0.05) is 0 Å². The molecule has 65 heteroatoms. The molecule has 0 amide bonds. The molecular formula is C18H22K10O45S10. The minimum absolute atomic E-state index is 0. The maximum atomic E-state index is 11.8. The van der Waals surface area contributed by atoms with Gasteiger partial charge < -0.3 is 69.2 Å². The fraction of sp³-hybridized carbons (Fsp3) is 1.00. The summed E-state index contributed by atoms with van der Waals surface area (Å²) in [6, 6.07) is 0. The standard InChI is InChI=1S/C18H32O45S10.10K/c19-64(20,21)51-3-7-11(58-68(31,32)33)13(60-70(37,38)39)15(62-72(43,44)45)17(54-7)49-1-5-9(56-66(25,26)27)10(57-67(28,29)30)6(53-5)2-50-18-16(63-73(46,47)48)14(61-71(40,41)42)12(59-69(34,35)36)8(55-18)4-52-65(22,23)24;;;;;;;;;;/h5-18H,1-4H2,(H,19,20,21)(H,22,23,24)(H,25,26,27)(H,28,29,30)(H,31,32,33)(H,34,35,36)(H,37,38,39)(H,40,41,42)(H,43,44,45)(H,46,47,48);;;;;;;;;;/q;10*+1/p-10/t5-,6-,7-,8+,9-,10+,11+,12-,13-,14-,15-,16+,17-,18-;;;;;;;;;;/m0........../s1. The Morgan fingerprint density at radius 2 is 0.398 bits per heavy atom. The zero-order valence-corrected chi connectivity index (χ0v) is 82.8. The minimum Gasteiger partial charge on any atom is -0.726 e. The minimum atomic E-state index is -6.47. The van der Waals surface area contributed by atoms with E-state index in [2.05, 4.69) is 41.8 Å². The summed E-state index contributed by atoms with van der Waals surface area (Å²) in [7, 11) is -63.3. The van der Waals surface area contributed by atoms with Crippen molar-refractivity contribution < 1.29 is 709 Å². The maximum absolute atomic E-state index is 11.8. The third-order valence-electron chi connectivity index (χ3n) is 8.02. The van der Waals surface area contributed by atoms with E-state index in [0.717, 1.165) is 0 Å². The Kier molecular flexibility index (Phi) is 66.1. The molecule has 0 N–H and O–H groups in total. The van der Waals surface area contributed by atoms with E-state index in [0.29, 0.717) is 0 Å². The molecule has 3 rings (SSSR count). The van der Waals surface area contributed by atoms with Crippen LogP contribution in [0.4, 0.5) is 0 Å². The molecule has 3 aliphatic heterocycles. The quantitative estimate of drug-likeness (QED) is 0.0399. The van der Waals surface area contributed by atoms with Crippen LogP contribution in [0.1, 0.15) is 0 Å². The van der Waals surface area contributed by atoms with Gasteiger partial charge in [0.25, 0.3) is 0 Å². The number of ether oxygens (including phenoxy) is 5. The van der Waals surface area contributed by atoms with Gasteiger partial charge in [-0.05, 0) is 0 Å². The smallest absolute Gasteiger partial charge is 0.726 e. The predicted octanol–water partition coefficient (Wildman–Crippen LogP) is -42.0. The Balaban J connectivity index is -0.000000937. The Bertz CT molecular complexity index is 2930. The molecular weight excluding hydrogens is 1650 g/mol. The Morgan fingerprint density at radius 1 is 0.229 bits per heavy atom. The van der Waals surface area contributed by atoms with Crippen LogP contribution in [0.5, 0.6) is 0 Å². The van der Waals surface area contributed by atoms with Crippen LogP contribution in [-0.2, 0) is 170 Å². The second kappa shape index (κ2) is 48.2. The van der Waals surface area contributed by atoms with Crippen LogP contribution < -0.4 is 514 Å². The third-order valence-corrected chi connectivity index (χ3v) is 12.5. The van der Waals surface area contributed by atoms with Gasteiger partial charge in [-0.2, -0.15) is 0 Å². The number of rotatable bonds is 28. The third kappa shape index (κ3) is 49.4. The molecule has 45 nitrogen and oxygen atoms in total. The Morgan fingerprint density at radius 3 is 0.590 bits per heavy atom. The largest absolute Gasteiger partial charge is 1.00 e. The maximum Gasteiger partial charge on any atom is 1.00 e. The Labute approximate surface area is 898 Å². The number of hydrogen-bond acceptors (Lipinski definition) is 45. The zero-order chi connectivity index (χ0) is 56.5. The van der Waals surface area contributed by atoms with Crippen LogP contribution in [0, 0.1) is 0 Å². The van der Waals surface area contributed by atoms with Gasteiger partial charge in [0.05, 0.1) is 26.4 Å². The van der Waals surface area contributed by atoms with Crippen LogP contribution >= 0.6 is 0 Å². The van der Waals surface area contributed by atoms with Gasteiger partial charge in [0, 0.05) is 0 Å². The first-order valence-corrected chi connectivity index (χ1v) is 30.2. The van der Waals surface area contributed by atoms with Crippen molar-refractivity contribution in [1.29, 1.82) is 0 Å². The Hall–Kier alpha value is 14.9. The predicted molar refractivity (Wildman–Crippen MR) is 186 cm³/mol. The molecule has 0 saturated carbocycles. The zero-order valence-electron chi connectivity index (χ0n) is 43.4. The van der Waals surface area contributed by atoms with E-state index in [4.69, 9.17) is 23.7 Å². The molecule has 0 aromatic heterocycles. The molecule has 83 heavy (non-hydrogen) atoms. The molecule has 0 radical (unpaired) electrons. The van der Waals surface area contributed by atoms with Gasteiger partial charge in [-0.15, -0.1) is 0 Å². The van der Waals surface area contributed by atoms with Crippen molar-refractivity contribution in [3.8, 4) is 0 Å². The monoisotopic (exact) mass is 1670 g/mol. The van der Waals surface area contributed by atoms with Gasteiger partial charge >= 0.3 is 514 Å². The van der Waals surface area contributed by atoms with Gasteiger partial charge in [0.1, 0.15) is 61.0 Å². The van der Waals surface area contributed by atoms with Crippen molar-refractivity contribution >= 4 is 104 Å². The first kappa shape index (κ1) is 114. The van der Waals surface area contributed by atoms with E-state index in [-0.39, 0.29) is 514 Å². The SMILES string of the molecule is O=S(=O)([O-])OC[C@@H]1O[C@H](OC[C@@H]2O[C@@H](CO[C@H]3O[C@H](COS(=O)(=O)[O-])[C@H](OS(=O)(=O)[O-])[C@H](OS(=O)(=O)[O-])[C@H]3OS(=O)(=O)[O-])[C@@H](OS(=O)(=O)[O-])[C@H]2OS(=O)(=O)[O-])[C@@H](OS(=O)(=O)[O-])[C@@H](OS(=O)(=O)[O-])[C@@H]1OS(=O)(=O)[O-].[K+].[K+].[K+].[K+].[K+].[K+].[K+].[K+].[K+].[K+]. The molecule has 0 bridgehead atoms. The summed E-state index contributed by atoms with van der Waals surface area (Å²) in [5.41, 5.74) is 0. The van der Waals surface area contributed by atoms with Crippen LogP contribution in [0.3, 0.4) is 0 Å². The second-order valence-electron chi connectivity index (χ2n) is 13.1. The van der Waals surface area contributed by atoms with Gasteiger partial charge in [0.15, 0.2) is 24.8 Å². The summed E-state index contributed by atoms with van der Waals surface area (Å²) < 4.78 is 412. The van der Waals surface area contributed by atoms with E-state index in [1.165, 1.54) is 0 Å². The topological polar surface area (TPSA) is 710 Å². The van der Waals surface area contributed by atoms with Crippen LogP contribution in [0.25, 0.3) is 0 Å². The summed E-state index contributed by atoms with van der Waals surface area (Å²) in [5.74, 6) is 0. The molecule has 434 valence electrons. The molecule has 3 aliphatic rings. The molecule has 0 spiro atoms. The van der Waals surface area contributed by atoms with Gasteiger partial charge in [0.2, 0.25) is 104 Å². The normalized spacial score (nSPS) is 28.0. The fourth-order valence-electron chi connectivity index (χ4n) is 6.02. The van der Waals surface area contributed by atoms with Gasteiger partial charge in [-0.25, -0.2) is 84.2 Å². The summed E-state index contributed by atoms with van der Waals surface area (Å²) >= 11 is 0. The fourth-order valence-corrected chi connectivity index (χ4v) is 10.6.